The molecular weight excluding hydrogens is 358 g/mol. The summed E-state index contributed by atoms with van der Waals surface area (Å²) in [6.45, 7) is 6.31. The maximum absolute atomic E-state index is 12.0. The summed E-state index contributed by atoms with van der Waals surface area (Å²) >= 11 is 0. The molecule has 2 aromatic rings. The molecule has 0 amide bonds. The first-order chi connectivity index (χ1) is 13.3. The summed E-state index contributed by atoms with van der Waals surface area (Å²) < 4.78 is 12.0. The summed E-state index contributed by atoms with van der Waals surface area (Å²) in [6.07, 6.45) is 6.21. The average Bonchev–Trinajstić information content (AvgIpc) is 3.13. The Labute approximate surface area is 165 Å². The van der Waals surface area contributed by atoms with Gasteiger partial charge in [-0.2, -0.15) is 0 Å². The van der Waals surface area contributed by atoms with Crippen LogP contribution in [0, 0.1) is 11.3 Å². The summed E-state index contributed by atoms with van der Waals surface area (Å²) in [6, 6.07) is 8.05. The zero-order chi connectivity index (χ0) is 20.6. The summed E-state index contributed by atoms with van der Waals surface area (Å²) in [5.74, 6) is -1.29. The molecule has 1 aromatic heterocycles. The Morgan fingerprint density at radius 1 is 1.14 bits per heavy atom. The first-order valence-electron chi connectivity index (χ1n) is 9.35. The summed E-state index contributed by atoms with van der Waals surface area (Å²) in [5.41, 5.74) is 7.53. The lowest BCUT2D eigenvalue weighted by molar-refractivity contribution is -0.172. The van der Waals surface area contributed by atoms with E-state index in [0.29, 0.717) is 6.42 Å². The lowest BCUT2D eigenvalue weighted by Crippen LogP contribution is -2.36. The molecule has 1 atom stereocenters. The second-order valence-corrected chi connectivity index (χ2v) is 7.80. The molecule has 152 valence electrons. The van der Waals surface area contributed by atoms with Gasteiger partial charge >= 0.3 is 11.9 Å². The Balaban J connectivity index is 1.70. The van der Waals surface area contributed by atoms with Crippen LogP contribution < -0.4 is 5.73 Å². The van der Waals surface area contributed by atoms with Gasteiger partial charge in [0.15, 0.2) is 0 Å². The minimum Gasteiger partial charge on any atom is -0.428 e. The van der Waals surface area contributed by atoms with Crippen LogP contribution in [0.4, 0.5) is 0 Å². The van der Waals surface area contributed by atoms with Gasteiger partial charge in [-0.05, 0) is 23.0 Å². The van der Waals surface area contributed by atoms with E-state index in [1.165, 1.54) is 0 Å². The molecule has 1 aromatic carbocycles. The molecule has 0 aliphatic carbocycles. The van der Waals surface area contributed by atoms with E-state index < -0.39 is 17.9 Å². The molecule has 0 spiro atoms. The van der Waals surface area contributed by atoms with Crippen LogP contribution in [0.15, 0.2) is 43.0 Å². The Morgan fingerprint density at radius 3 is 2.39 bits per heavy atom. The second-order valence-electron chi connectivity index (χ2n) is 7.80. The number of benzene rings is 1. The molecule has 2 rings (SSSR count). The van der Waals surface area contributed by atoms with Crippen molar-refractivity contribution in [1.29, 1.82) is 0 Å². The molecule has 0 radical (unpaired) electrons. The van der Waals surface area contributed by atoms with E-state index in [9.17, 15) is 9.59 Å². The van der Waals surface area contributed by atoms with E-state index in [2.05, 4.69) is 4.98 Å². The minimum absolute atomic E-state index is 0.188. The van der Waals surface area contributed by atoms with Crippen LogP contribution in [0.25, 0.3) is 0 Å². The molecule has 1 heterocycles. The Hall–Kier alpha value is -2.67. The lowest BCUT2D eigenvalue weighted by atomic mass is 9.81. The predicted molar refractivity (Wildman–Crippen MR) is 105 cm³/mol. The van der Waals surface area contributed by atoms with Crippen LogP contribution in [0.1, 0.15) is 38.3 Å². The Bertz CT molecular complexity index is 749. The fraction of sp³-hybridized carbons (Fsp3) is 0.476. The number of aromatic nitrogens is 2. The predicted octanol–water partition coefficient (Wildman–Crippen LogP) is 2.53. The SMILES string of the molecule is CC(C)(C)C(CN)C(=O)OCOC(=O)CCc1ccc(Cn2ccnc2)cc1. The first kappa shape index (κ1) is 21.6. The van der Waals surface area contributed by atoms with Gasteiger partial charge in [0.05, 0.1) is 12.2 Å². The molecule has 0 aliphatic rings. The molecular formula is C21H29N3O4. The number of carbonyl (C=O) groups is 2. The highest BCUT2D eigenvalue weighted by molar-refractivity contribution is 5.74. The molecule has 0 saturated carbocycles. The van der Waals surface area contributed by atoms with Crippen molar-refractivity contribution in [2.45, 2.75) is 40.2 Å². The normalized spacial score (nSPS) is 12.4. The monoisotopic (exact) mass is 387 g/mol. The number of imidazole rings is 1. The highest BCUT2D eigenvalue weighted by Crippen LogP contribution is 2.26. The van der Waals surface area contributed by atoms with E-state index in [1.807, 2.05) is 55.8 Å². The van der Waals surface area contributed by atoms with Gasteiger partial charge in [0.25, 0.3) is 0 Å². The molecule has 1 unspecified atom stereocenters. The van der Waals surface area contributed by atoms with Crippen molar-refractivity contribution in [1.82, 2.24) is 9.55 Å². The number of carbonyl (C=O) groups excluding carboxylic acids is 2. The van der Waals surface area contributed by atoms with Crippen molar-refractivity contribution in [3.05, 3.63) is 54.1 Å². The fourth-order valence-corrected chi connectivity index (χ4v) is 2.78. The zero-order valence-electron chi connectivity index (χ0n) is 16.8. The second kappa shape index (κ2) is 10.0. The molecule has 0 fully saturated rings. The van der Waals surface area contributed by atoms with E-state index in [0.717, 1.165) is 17.7 Å². The molecule has 7 heteroatoms. The van der Waals surface area contributed by atoms with E-state index in [4.69, 9.17) is 15.2 Å². The largest absolute Gasteiger partial charge is 0.428 e. The van der Waals surface area contributed by atoms with Crippen LogP contribution in [0.2, 0.25) is 0 Å². The topological polar surface area (TPSA) is 96.4 Å². The fourth-order valence-electron chi connectivity index (χ4n) is 2.78. The van der Waals surface area contributed by atoms with Crippen LogP contribution in [-0.4, -0.2) is 34.8 Å². The molecule has 7 nitrogen and oxygen atoms in total. The standard InChI is InChI=1S/C21H29N3O4/c1-21(2,3)18(12-22)20(26)28-15-27-19(25)9-8-16-4-6-17(7-5-16)13-24-11-10-23-14-24/h4-7,10-11,14,18H,8-9,12-13,15,22H2,1-3H3. The number of rotatable bonds is 9. The lowest BCUT2D eigenvalue weighted by Gasteiger charge is -2.27. The molecule has 2 N–H and O–H groups in total. The number of esters is 2. The Kier molecular flexibility index (Phi) is 7.75. The van der Waals surface area contributed by atoms with Gasteiger partial charge in [-0.25, -0.2) is 4.98 Å². The van der Waals surface area contributed by atoms with Gasteiger partial charge in [-0.3, -0.25) is 9.59 Å². The maximum Gasteiger partial charge on any atom is 0.313 e. The first-order valence-corrected chi connectivity index (χ1v) is 9.35. The highest BCUT2D eigenvalue weighted by Gasteiger charge is 2.31. The third-order valence-electron chi connectivity index (χ3n) is 4.55. The number of aryl methyl sites for hydroxylation is 1. The van der Waals surface area contributed by atoms with E-state index in [-0.39, 0.29) is 25.2 Å². The number of hydrogen-bond donors (Lipinski definition) is 1. The third kappa shape index (κ3) is 6.81. The number of hydrogen-bond acceptors (Lipinski definition) is 6. The summed E-state index contributed by atoms with van der Waals surface area (Å²) in [7, 11) is 0. The van der Waals surface area contributed by atoms with Crippen molar-refractivity contribution in [2.24, 2.45) is 17.1 Å². The van der Waals surface area contributed by atoms with E-state index >= 15 is 0 Å². The molecule has 28 heavy (non-hydrogen) atoms. The van der Waals surface area contributed by atoms with Crippen molar-refractivity contribution < 1.29 is 19.1 Å². The van der Waals surface area contributed by atoms with Gasteiger partial charge < -0.3 is 19.8 Å². The molecule has 0 bridgehead atoms. The van der Waals surface area contributed by atoms with Gasteiger partial charge in [-0.15, -0.1) is 0 Å². The molecule has 0 aliphatic heterocycles. The number of nitrogens with two attached hydrogens (primary N) is 1. The highest BCUT2D eigenvalue weighted by atomic mass is 16.7. The minimum atomic E-state index is -0.448. The van der Waals surface area contributed by atoms with Gasteiger partial charge in [-0.1, -0.05) is 45.0 Å². The average molecular weight is 387 g/mol. The summed E-state index contributed by atoms with van der Waals surface area (Å²) in [4.78, 5) is 27.9. The van der Waals surface area contributed by atoms with Gasteiger partial charge in [0.1, 0.15) is 0 Å². The maximum atomic E-state index is 12.0. The van der Waals surface area contributed by atoms with Crippen LogP contribution >= 0.6 is 0 Å². The zero-order valence-corrected chi connectivity index (χ0v) is 16.8. The summed E-state index contributed by atoms with van der Waals surface area (Å²) in [5, 5.41) is 0. The van der Waals surface area contributed by atoms with Crippen molar-refractivity contribution in [2.75, 3.05) is 13.3 Å². The molecule has 0 saturated heterocycles. The van der Waals surface area contributed by atoms with Crippen molar-refractivity contribution >= 4 is 11.9 Å². The van der Waals surface area contributed by atoms with Gasteiger partial charge in [0.2, 0.25) is 6.79 Å². The van der Waals surface area contributed by atoms with Crippen LogP contribution in [-0.2, 0) is 32.0 Å². The van der Waals surface area contributed by atoms with Gasteiger partial charge in [0, 0.05) is 31.9 Å². The van der Waals surface area contributed by atoms with E-state index in [1.54, 1.807) is 12.5 Å². The van der Waals surface area contributed by atoms with Crippen LogP contribution in [0.5, 0.6) is 0 Å². The smallest absolute Gasteiger partial charge is 0.313 e. The third-order valence-corrected chi connectivity index (χ3v) is 4.55. The quantitative estimate of drug-likeness (QED) is 0.525. The van der Waals surface area contributed by atoms with Crippen molar-refractivity contribution in [3.8, 4) is 0 Å². The number of ether oxygens (including phenoxy) is 2. The van der Waals surface area contributed by atoms with Crippen molar-refractivity contribution in [3.63, 3.8) is 0 Å². The van der Waals surface area contributed by atoms with Crippen LogP contribution in [0.3, 0.4) is 0 Å². The Morgan fingerprint density at radius 2 is 1.82 bits per heavy atom. The number of nitrogens with zero attached hydrogens (tertiary/aromatic N) is 2.